The number of ether oxygens (including phenoxy) is 1. The normalized spacial score (nSPS) is 10.4. The van der Waals surface area contributed by atoms with E-state index in [1.807, 2.05) is 31.2 Å². The number of amides is 1. The monoisotopic (exact) mass is 410 g/mol. The summed E-state index contributed by atoms with van der Waals surface area (Å²) >= 11 is 5.85. The van der Waals surface area contributed by atoms with Crippen molar-refractivity contribution in [3.05, 3.63) is 71.1 Å². The lowest BCUT2D eigenvalue weighted by Crippen LogP contribution is -2.16. The summed E-state index contributed by atoms with van der Waals surface area (Å²) in [5, 5.41) is 6.87. The molecule has 0 aliphatic carbocycles. The van der Waals surface area contributed by atoms with Gasteiger partial charge in [-0.2, -0.15) is 0 Å². The lowest BCUT2D eigenvalue weighted by atomic mass is 10.1. The minimum absolute atomic E-state index is 0.108. The predicted octanol–water partition coefficient (Wildman–Crippen LogP) is 5.15. The summed E-state index contributed by atoms with van der Waals surface area (Å²) in [5.41, 5.74) is 3.55. The zero-order valence-electron chi connectivity index (χ0n) is 16.4. The first-order valence-electron chi connectivity index (χ1n) is 9.40. The van der Waals surface area contributed by atoms with Gasteiger partial charge in [-0.05, 0) is 55.3 Å². The molecule has 1 amide bonds. The smallest absolute Gasteiger partial charge is 0.227 e. The second-order valence-electron chi connectivity index (χ2n) is 6.50. The van der Waals surface area contributed by atoms with Crippen LogP contribution in [0, 0.1) is 6.92 Å². The fraction of sp³-hybridized carbons (Fsp3) is 0.227. The summed E-state index contributed by atoms with van der Waals surface area (Å²) in [6.07, 6.45) is 2.57. The molecule has 0 fully saturated rings. The molecule has 0 aliphatic heterocycles. The molecule has 0 saturated heterocycles. The number of hydrogen-bond acceptors (Lipinski definition) is 5. The van der Waals surface area contributed by atoms with Crippen molar-refractivity contribution in [3.8, 4) is 5.75 Å². The lowest BCUT2D eigenvalue weighted by Gasteiger charge is -2.13. The van der Waals surface area contributed by atoms with Gasteiger partial charge in [0.25, 0.3) is 0 Å². The van der Waals surface area contributed by atoms with Crippen molar-refractivity contribution in [2.45, 2.75) is 26.7 Å². The van der Waals surface area contributed by atoms with Crippen molar-refractivity contribution in [1.29, 1.82) is 0 Å². The second-order valence-corrected chi connectivity index (χ2v) is 6.93. The minimum Gasteiger partial charge on any atom is -0.493 e. The van der Waals surface area contributed by atoms with E-state index >= 15 is 0 Å². The van der Waals surface area contributed by atoms with Crippen LogP contribution in [0.15, 0.2) is 54.9 Å². The topological polar surface area (TPSA) is 76.1 Å². The van der Waals surface area contributed by atoms with Crippen LogP contribution in [0.25, 0.3) is 0 Å². The molecule has 0 saturated carbocycles. The van der Waals surface area contributed by atoms with E-state index in [4.69, 9.17) is 16.3 Å². The van der Waals surface area contributed by atoms with Gasteiger partial charge in [0.15, 0.2) is 0 Å². The number of carbonyl (C=O) groups excluding carboxylic acids is 1. The largest absolute Gasteiger partial charge is 0.493 e. The summed E-state index contributed by atoms with van der Waals surface area (Å²) in [5.74, 6) is 1.28. The number of nitrogens with one attached hydrogen (secondary N) is 2. The van der Waals surface area contributed by atoms with E-state index in [0.29, 0.717) is 16.6 Å². The van der Waals surface area contributed by atoms with Crippen LogP contribution in [0.4, 0.5) is 17.2 Å². The fourth-order valence-corrected chi connectivity index (χ4v) is 2.88. The molecular formula is C22H23ClN4O2. The van der Waals surface area contributed by atoms with Crippen LogP contribution in [0.3, 0.4) is 0 Å². The zero-order chi connectivity index (χ0) is 20.6. The van der Waals surface area contributed by atoms with Gasteiger partial charge in [0.1, 0.15) is 17.9 Å². The average Bonchev–Trinajstić information content (AvgIpc) is 2.70. The third kappa shape index (κ3) is 6.19. The molecule has 29 heavy (non-hydrogen) atoms. The quantitative estimate of drug-likeness (QED) is 0.537. The maximum atomic E-state index is 12.4. The highest BCUT2D eigenvalue weighted by molar-refractivity contribution is 6.30. The maximum absolute atomic E-state index is 12.4. The SMILES string of the molecule is CCc1ccc(Nc2cc(C)ncn2)cc1NC(=O)CCOc1ccc(Cl)cc1. The molecule has 2 N–H and O–H groups in total. The Hall–Kier alpha value is -3.12. The molecule has 1 aromatic heterocycles. The van der Waals surface area contributed by atoms with Crippen LogP contribution in [0.1, 0.15) is 24.6 Å². The van der Waals surface area contributed by atoms with Crippen molar-refractivity contribution in [1.82, 2.24) is 9.97 Å². The Morgan fingerprint density at radius 1 is 1.10 bits per heavy atom. The summed E-state index contributed by atoms with van der Waals surface area (Å²) in [4.78, 5) is 20.7. The van der Waals surface area contributed by atoms with Crippen molar-refractivity contribution in [3.63, 3.8) is 0 Å². The zero-order valence-corrected chi connectivity index (χ0v) is 17.2. The molecule has 0 bridgehead atoms. The number of rotatable bonds is 8. The Bertz CT molecular complexity index is 977. The molecule has 2 aromatic carbocycles. The van der Waals surface area contributed by atoms with Gasteiger partial charge in [-0.3, -0.25) is 4.79 Å². The lowest BCUT2D eigenvalue weighted by molar-refractivity contribution is -0.116. The molecule has 0 aliphatic rings. The van der Waals surface area contributed by atoms with Crippen molar-refractivity contribution >= 4 is 34.7 Å². The molecule has 3 aromatic rings. The summed E-state index contributed by atoms with van der Waals surface area (Å²) in [6, 6.07) is 14.8. The van der Waals surface area contributed by atoms with Crippen LogP contribution in [0.2, 0.25) is 5.02 Å². The van der Waals surface area contributed by atoms with E-state index in [0.717, 1.165) is 29.1 Å². The van der Waals surface area contributed by atoms with Crippen LogP contribution >= 0.6 is 11.6 Å². The number of aromatic nitrogens is 2. The Morgan fingerprint density at radius 2 is 1.90 bits per heavy atom. The van der Waals surface area contributed by atoms with E-state index < -0.39 is 0 Å². The van der Waals surface area contributed by atoms with Crippen LogP contribution in [-0.2, 0) is 11.2 Å². The third-order valence-electron chi connectivity index (χ3n) is 4.25. The number of anilines is 3. The number of carbonyl (C=O) groups is 1. The highest BCUT2D eigenvalue weighted by Gasteiger charge is 2.09. The molecule has 150 valence electrons. The Kier molecular flexibility index (Phi) is 7.03. The van der Waals surface area contributed by atoms with Crippen LogP contribution < -0.4 is 15.4 Å². The molecule has 1 heterocycles. The van der Waals surface area contributed by atoms with E-state index in [1.165, 1.54) is 6.33 Å². The fourth-order valence-electron chi connectivity index (χ4n) is 2.75. The number of halogens is 1. The molecule has 7 heteroatoms. The average molecular weight is 411 g/mol. The molecule has 0 unspecified atom stereocenters. The molecule has 0 radical (unpaired) electrons. The van der Waals surface area contributed by atoms with E-state index in [2.05, 4.69) is 27.5 Å². The predicted molar refractivity (Wildman–Crippen MR) is 116 cm³/mol. The van der Waals surface area contributed by atoms with Gasteiger partial charge in [-0.1, -0.05) is 24.6 Å². The second kappa shape index (κ2) is 9.89. The van der Waals surface area contributed by atoms with E-state index in [9.17, 15) is 4.79 Å². The highest BCUT2D eigenvalue weighted by Crippen LogP contribution is 2.24. The number of aryl methyl sites for hydroxylation is 2. The Morgan fingerprint density at radius 3 is 2.62 bits per heavy atom. The van der Waals surface area contributed by atoms with Crippen molar-refractivity contribution in [2.75, 3.05) is 17.2 Å². The van der Waals surface area contributed by atoms with Crippen molar-refractivity contribution in [2.24, 2.45) is 0 Å². The Labute approximate surface area is 175 Å². The van der Waals surface area contributed by atoms with Gasteiger partial charge in [0, 0.05) is 28.2 Å². The van der Waals surface area contributed by atoms with Gasteiger partial charge in [-0.15, -0.1) is 0 Å². The first-order chi connectivity index (χ1) is 14.0. The first kappa shape index (κ1) is 20.6. The van der Waals surface area contributed by atoms with E-state index in [1.54, 1.807) is 24.3 Å². The summed E-state index contributed by atoms with van der Waals surface area (Å²) in [7, 11) is 0. The summed E-state index contributed by atoms with van der Waals surface area (Å²) < 4.78 is 5.59. The molecule has 0 spiro atoms. The minimum atomic E-state index is -0.108. The molecule has 6 nitrogen and oxygen atoms in total. The first-order valence-corrected chi connectivity index (χ1v) is 9.78. The number of hydrogen-bond donors (Lipinski definition) is 2. The van der Waals surface area contributed by atoms with Gasteiger partial charge >= 0.3 is 0 Å². The molecule has 3 rings (SSSR count). The van der Waals surface area contributed by atoms with Crippen LogP contribution in [0.5, 0.6) is 5.75 Å². The van der Waals surface area contributed by atoms with Crippen molar-refractivity contribution < 1.29 is 9.53 Å². The van der Waals surface area contributed by atoms with Gasteiger partial charge in [0.2, 0.25) is 5.91 Å². The van der Waals surface area contributed by atoms with Gasteiger partial charge in [0.05, 0.1) is 13.0 Å². The van der Waals surface area contributed by atoms with Crippen LogP contribution in [-0.4, -0.2) is 22.5 Å². The number of benzene rings is 2. The summed E-state index contributed by atoms with van der Waals surface area (Å²) in [6.45, 7) is 4.24. The third-order valence-corrected chi connectivity index (χ3v) is 4.50. The molecular weight excluding hydrogens is 388 g/mol. The molecule has 0 atom stereocenters. The Balaban J connectivity index is 1.60. The highest BCUT2D eigenvalue weighted by atomic mass is 35.5. The standard InChI is InChI=1S/C22H23ClN4O2/c1-3-16-4-7-18(26-21-12-15(2)24-14-25-21)13-20(16)27-22(28)10-11-29-19-8-5-17(23)6-9-19/h4-9,12-14H,3,10-11H2,1-2H3,(H,27,28)(H,24,25,26). The number of nitrogens with zero attached hydrogens (tertiary/aromatic N) is 2. The van der Waals surface area contributed by atoms with E-state index in [-0.39, 0.29) is 18.9 Å². The van der Waals surface area contributed by atoms with Gasteiger partial charge in [-0.25, -0.2) is 9.97 Å². The van der Waals surface area contributed by atoms with Gasteiger partial charge < -0.3 is 15.4 Å². The maximum Gasteiger partial charge on any atom is 0.227 e.